The van der Waals surface area contributed by atoms with E-state index in [0.717, 1.165) is 75.9 Å². The third-order valence-electron chi connectivity index (χ3n) is 4.96. The largest absolute Gasteiger partial charge is 0.466 e. The van der Waals surface area contributed by atoms with Crippen LogP contribution >= 0.6 is 0 Å². The number of aliphatic imine (C=N–C) groups is 1. The number of rotatable bonds is 10. The monoisotopic (exact) mass is 395 g/mol. The minimum Gasteiger partial charge on any atom is -0.466 e. The zero-order chi connectivity index (χ0) is 20.4. The number of aryl methyl sites for hydroxylation is 2. The second-order valence-corrected chi connectivity index (χ2v) is 7.71. The highest BCUT2D eigenvalue weighted by atomic mass is 16.5. The summed E-state index contributed by atoms with van der Waals surface area (Å²) in [5.41, 5.74) is -0.289. The molecule has 28 heavy (non-hydrogen) atoms. The Balaban J connectivity index is 1.73. The molecule has 3 N–H and O–H groups in total. The molecule has 0 bridgehead atoms. The normalized spacial score (nSPS) is 18.1. The Hall–Kier alpha value is -1.57. The maximum atomic E-state index is 10.8. The fourth-order valence-electron chi connectivity index (χ4n) is 3.37. The predicted octanol–water partition coefficient (Wildman–Crippen LogP) is 2.49. The van der Waals surface area contributed by atoms with Crippen LogP contribution in [0, 0.1) is 19.8 Å². The van der Waals surface area contributed by atoms with E-state index in [0.29, 0.717) is 11.9 Å². The summed E-state index contributed by atoms with van der Waals surface area (Å²) < 4.78 is 16.7. The van der Waals surface area contributed by atoms with Crippen LogP contribution < -0.4 is 10.6 Å². The van der Waals surface area contributed by atoms with Gasteiger partial charge in [0, 0.05) is 45.1 Å². The Kier molecular flexibility index (Phi) is 9.28. The first kappa shape index (κ1) is 22.7. The Morgan fingerprint density at radius 2 is 2.07 bits per heavy atom. The molecule has 0 spiro atoms. The lowest BCUT2D eigenvalue weighted by molar-refractivity contribution is 0.0203. The second kappa shape index (κ2) is 11.4. The van der Waals surface area contributed by atoms with Gasteiger partial charge in [-0.1, -0.05) is 0 Å². The standard InChI is InChI=1S/C21H37N3O4/c1-5-22-20(23-9-6-10-27-14-18-7-11-26-12-8-18)24-15-21(4,25)19-13-16(2)28-17(19)3/h13,18,25H,5-12,14-15H2,1-4H3,(H2,22,23,24). The van der Waals surface area contributed by atoms with Crippen LogP contribution in [-0.4, -0.2) is 57.1 Å². The number of furan rings is 1. The summed E-state index contributed by atoms with van der Waals surface area (Å²) in [5, 5.41) is 17.3. The van der Waals surface area contributed by atoms with E-state index in [1.165, 1.54) is 0 Å². The van der Waals surface area contributed by atoms with Gasteiger partial charge in [0.1, 0.15) is 17.1 Å². The molecule has 2 rings (SSSR count). The summed E-state index contributed by atoms with van der Waals surface area (Å²) in [4.78, 5) is 4.55. The zero-order valence-corrected chi connectivity index (χ0v) is 17.8. The van der Waals surface area contributed by atoms with E-state index in [4.69, 9.17) is 13.9 Å². The van der Waals surface area contributed by atoms with Gasteiger partial charge in [-0.3, -0.25) is 0 Å². The van der Waals surface area contributed by atoms with Gasteiger partial charge in [0.25, 0.3) is 0 Å². The number of hydrogen-bond donors (Lipinski definition) is 3. The highest BCUT2D eigenvalue weighted by Gasteiger charge is 2.27. The summed E-state index contributed by atoms with van der Waals surface area (Å²) in [6, 6.07) is 1.88. The van der Waals surface area contributed by atoms with Crippen molar-refractivity contribution < 1.29 is 19.0 Å². The first-order chi connectivity index (χ1) is 13.4. The molecular formula is C21H37N3O4. The van der Waals surface area contributed by atoms with Crippen molar-refractivity contribution in [3.05, 3.63) is 23.2 Å². The lowest BCUT2D eigenvalue weighted by Gasteiger charge is -2.22. The minimum atomic E-state index is -1.07. The van der Waals surface area contributed by atoms with E-state index in [-0.39, 0.29) is 6.54 Å². The number of nitrogens with one attached hydrogen (secondary N) is 2. The minimum absolute atomic E-state index is 0.252. The van der Waals surface area contributed by atoms with Crippen molar-refractivity contribution in [3.63, 3.8) is 0 Å². The summed E-state index contributed by atoms with van der Waals surface area (Å²) in [7, 11) is 0. The molecule has 0 aliphatic carbocycles. The van der Waals surface area contributed by atoms with Crippen molar-refractivity contribution in [2.75, 3.05) is 46.1 Å². The maximum Gasteiger partial charge on any atom is 0.191 e. The van der Waals surface area contributed by atoms with Gasteiger partial charge in [-0.15, -0.1) is 0 Å². The Labute approximate surface area is 168 Å². The van der Waals surface area contributed by atoms with Gasteiger partial charge in [-0.25, -0.2) is 4.99 Å². The summed E-state index contributed by atoms with van der Waals surface area (Å²) in [6.07, 6.45) is 3.11. The highest BCUT2D eigenvalue weighted by Crippen LogP contribution is 2.27. The smallest absolute Gasteiger partial charge is 0.191 e. The number of aliphatic hydroxyl groups is 1. The molecule has 7 nitrogen and oxygen atoms in total. The van der Waals surface area contributed by atoms with Crippen molar-refractivity contribution in [1.82, 2.24) is 10.6 Å². The van der Waals surface area contributed by atoms with Crippen LogP contribution in [-0.2, 0) is 15.1 Å². The van der Waals surface area contributed by atoms with Crippen LogP contribution in [0.5, 0.6) is 0 Å². The van der Waals surface area contributed by atoms with Gasteiger partial charge in [0.2, 0.25) is 0 Å². The van der Waals surface area contributed by atoms with Crippen molar-refractivity contribution in [2.45, 2.75) is 52.6 Å². The molecule has 2 heterocycles. The van der Waals surface area contributed by atoms with Crippen molar-refractivity contribution in [2.24, 2.45) is 10.9 Å². The Morgan fingerprint density at radius 1 is 1.32 bits per heavy atom. The quantitative estimate of drug-likeness (QED) is 0.320. The number of nitrogens with zero attached hydrogens (tertiary/aromatic N) is 1. The van der Waals surface area contributed by atoms with Crippen molar-refractivity contribution >= 4 is 5.96 Å². The first-order valence-electron chi connectivity index (χ1n) is 10.4. The van der Waals surface area contributed by atoms with E-state index in [9.17, 15) is 5.11 Å². The molecule has 0 aromatic carbocycles. The SMILES string of the molecule is CCNC(=NCC(C)(O)c1cc(C)oc1C)NCCCOCC1CCOCC1. The maximum absolute atomic E-state index is 10.8. The molecular weight excluding hydrogens is 358 g/mol. The molecule has 1 aromatic heterocycles. The van der Waals surface area contributed by atoms with E-state index in [1.54, 1.807) is 6.92 Å². The van der Waals surface area contributed by atoms with Gasteiger partial charge >= 0.3 is 0 Å². The number of ether oxygens (including phenoxy) is 2. The Bertz CT molecular complexity index is 607. The number of guanidine groups is 1. The predicted molar refractivity (Wildman–Crippen MR) is 111 cm³/mol. The molecule has 1 aliphatic rings. The van der Waals surface area contributed by atoms with Crippen LogP contribution in [0.15, 0.2) is 15.5 Å². The van der Waals surface area contributed by atoms with Gasteiger partial charge < -0.3 is 29.6 Å². The molecule has 0 amide bonds. The van der Waals surface area contributed by atoms with Crippen LogP contribution in [0.2, 0.25) is 0 Å². The average Bonchev–Trinajstić information content (AvgIpc) is 3.02. The van der Waals surface area contributed by atoms with Gasteiger partial charge in [-0.05, 0) is 58.9 Å². The lowest BCUT2D eigenvalue weighted by atomic mass is 9.96. The van der Waals surface area contributed by atoms with E-state index in [2.05, 4.69) is 15.6 Å². The molecule has 1 aromatic rings. The molecule has 1 unspecified atom stereocenters. The molecule has 1 aliphatic heterocycles. The first-order valence-corrected chi connectivity index (χ1v) is 10.4. The molecule has 1 atom stereocenters. The van der Waals surface area contributed by atoms with Gasteiger partial charge in [0.05, 0.1) is 6.54 Å². The fraction of sp³-hybridized carbons (Fsp3) is 0.762. The topological polar surface area (TPSA) is 88.3 Å². The second-order valence-electron chi connectivity index (χ2n) is 7.71. The van der Waals surface area contributed by atoms with Gasteiger partial charge in [0.15, 0.2) is 5.96 Å². The van der Waals surface area contributed by atoms with E-state index >= 15 is 0 Å². The van der Waals surface area contributed by atoms with Crippen LogP contribution in [0.3, 0.4) is 0 Å². The number of hydrogen-bond acceptors (Lipinski definition) is 5. The van der Waals surface area contributed by atoms with Crippen molar-refractivity contribution in [1.29, 1.82) is 0 Å². The van der Waals surface area contributed by atoms with E-state index in [1.807, 2.05) is 26.8 Å². The summed E-state index contributed by atoms with van der Waals surface area (Å²) in [5.74, 6) is 2.86. The van der Waals surface area contributed by atoms with Gasteiger partial charge in [-0.2, -0.15) is 0 Å². The molecule has 7 heteroatoms. The van der Waals surface area contributed by atoms with Crippen molar-refractivity contribution in [3.8, 4) is 0 Å². The molecule has 0 radical (unpaired) electrons. The van der Waals surface area contributed by atoms with Crippen LogP contribution in [0.4, 0.5) is 0 Å². The third kappa shape index (κ3) is 7.45. The lowest BCUT2D eigenvalue weighted by Crippen LogP contribution is -2.39. The molecule has 0 saturated carbocycles. The third-order valence-corrected chi connectivity index (χ3v) is 4.96. The van der Waals surface area contributed by atoms with E-state index < -0.39 is 5.60 Å². The molecule has 160 valence electrons. The Morgan fingerprint density at radius 3 is 2.71 bits per heavy atom. The molecule has 1 fully saturated rings. The van der Waals surface area contributed by atoms with Crippen LogP contribution in [0.25, 0.3) is 0 Å². The average molecular weight is 396 g/mol. The summed E-state index contributed by atoms with van der Waals surface area (Å²) in [6.45, 7) is 12.6. The zero-order valence-electron chi connectivity index (χ0n) is 17.8. The summed E-state index contributed by atoms with van der Waals surface area (Å²) >= 11 is 0. The highest BCUT2D eigenvalue weighted by molar-refractivity contribution is 5.79. The molecule has 1 saturated heterocycles. The van der Waals surface area contributed by atoms with Crippen LogP contribution in [0.1, 0.15) is 50.2 Å². The fourth-order valence-corrected chi connectivity index (χ4v) is 3.37.